The van der Waals surface area contributed by atoms with E-state index >= 15 is 0 Å². The summed E-state index contributed by atoms with van der Waals surface area (Å²) in [6.45, 7) is 4.65. The molecule has 2 nitrogen and oxygen atoms in total. The number of nitrogens with zero attached hydrogens (tertiary/aromatic N) is 1. The molecule has 0 heterocycles. The Kier molecular flexibility index (Phi) is 5.93. The lowest BCUT2D eigenvalue weighted by Crippen LogP contribution is -1.85. The second-order valence-electron chi connectivity index (χ2n) is 1.62. The van der Waals surface area contributed by atoms with Crippen molar-refractivity contribution in [1.82, 2.24) is 0 Å². The standard InChI is InChI=1S/C6H12NOP/c1-3-5-9(6-7)8-4-2/h3-5H2,1-2H3. The molecule has 0 aromatic rings. The molecule has 0 spiro atoms. The van der Waals surface area contributed by atoms with Crippen molar-refractivity contribution < 1.29 is 4.52 Å². The summed E-state index contributed by atoms with van der Waals surface area (Å²) in [6, 6.07) is 0. The van der Waals surface area contributed by atoms with Crippen LogP contribution in [0.5, 0.6) is 0 Å². The van der Waals surface area contributed by atoms with Crippen LogP contribution in [0.4, 0.5) is 0 Å². The average Bonchev–Trinajstić information content (AvgIpc) is 1.88. The Labute approximate surface area is 57.7 Å². The number of nitriles is 1. The maximum absolute atomic E-state index is 8.44. The lowest BCUT2D eigenvalue weighted by Gasteiger charge is -2.04. The minimum atomic E-state index is -0.753. The molecule has 0 rings (SSSR count). The fraction of sp³-hybridized carbons (Fsp3) is 0.833. The molecule has 52 valence electrons. The van der Waals surface area contributed by atoms with E-state index in [2.05, 4.69) is 12.7 Å². The van der Waals surface area contributed by atoms with E-state index in [1.165, 1.54) is 0 Å². The zero-order valence-corrected chi connectivity index (χ0v) is 6.82. The molecule has 0 fully saturated rings. The molecule has 0 radical (unpaired) electrons. The van der Waals surface area contributed by atoms with Crippen LogP contribution in [0.15, 0.2) is 0 Å². The first-order chi connectivity index (χ1) is 4.35. The molecular formula is C6H12NOP. The third kappa shape index (κ3) is 4.39. The molecule has 0 saturated heterocycles. The fourth-order valence-electron chi connectivity index (χ4n) is 0.502. The van der Waals surface area contributed by atoms with Gasteiger partial charge in [-0.05, 0) is 13.3 Å². The molecule has 1 atom stereocenters. The molecule has 9 heavy (non-hydrogen) atoms. The van der Waals surface area contributed by atoms with Gasteiger partial charge in [-0.25, -0.2) is 0 Å². The van der Waals surface area contributed by atoms with Gasteiger partial charge in [0.15, 0.2) is 0 Å². The van der Waals surface area contributed by atoms with Crippen molar-refractivity contribution >= 4 is 8.15 Å². The van der Waals surface area contributed by atoms with Gasteiger partial charge in [-0.15, -0.1) is 0 Å². The smallest absolute Gasteiger partial charge is 0.136 e. The van der Waals surface area contributed by atoms with Gasteiger partial charge in [0.1, 0.15) is 14.0 Å². The zero-order valence-electron chi connectivity index (χ0n) is 5.92. The van der Waals surface area contributed by atoms with E-state index in [9.17, 15) is 0 Å². The molecule has 0 aromatic heterocycles. The lowest BCUT2D eigenvalue weighted by atomic mass is 10.6. The summed E-state index contributed by atoms with van der Waals surface area (Å²) in [5, 5.41) is 8.44. The highest BCUT2D eigenvalue weighted by molar-refractivity contribution is 7.57. The van der Waals surface area contributed by atoms with Gasteiger partial charge in [-0.3, -0.25) is 0 Å². The average molecular weight is 145 g/mol. The molecule has 0 saturated carbocycles. The van der Waals surface area contributed by atoms with E-state index in [4.69, 9.17) is 9.79 Å². The van der Waals surface area contributed by atoms with Crippen molar-refractivity contribution in [3.05, 3.63) is 0 Å². The van der Waals surface area contributed by atoms with Crippen LogP contribution in [-0.4, -0.2) is 12.8 Å². The van der Waals surface area contributed by atoms with E-state index in [0.717, 1.165) is 12.6 Å². The molecule has 0 aliphatic heterocycles. The molecule has 1 unspecified atom stereocenters. The highest BCUT2D eigenvalue weighted by Crippen LogP contribution is 2.34. The summed E-state index contributed by atoms with van der Waals surface area (Å²) in [5.74, 6) is 2.15. The van der Waals surface area contributed by atoms with Crippen molar-refractivity contribution in [1.29, 1.82) is 5.26 Å². The fourth-order valence-corrected chi connectivity index (χ4v) is 1.51. The van der Waals surface area contributed by atoms with Crippen LogP contribution in [-0.2, 0) is 4.52 Å². The van der Waals surface area contributed by atoms with Gasteiger partial charge in [-0.2, -0.15) is 5.26 Å². The molecule has 0 aliphatic rings. The summed E-state index contributed by atoms with van der Waals surface area (Å²) in [6.07, 6.45) is 1.96. The highest BCUT2D eigenvalue weighted by atomic mass is 31.1. The normalized spacial score (nSPS) is 12.6. The van der Waals surface area contributed by atoms with Gasteiger partial charge in [0.2, 0.25) is 0 Å². The summed E-state index contributed by atoms with van der Waals surface area (Å²) in [5.41, 5.74) is 0. The second-order valence-corrected chi connectivity index (χ2v) is 3.28. The van der Waals surface area contributed by atoms with Gasteiger partial charge >= 0.3 is 0 Å². The monoisotopic (exact) mass is 145 g/mol. The molecular weight excluding hydrogens is 133 g/mol. The Morgan fingerprint density at radius 2 is 2.22 bits per heavy atom. The molecule has 0 aliphatic carbocycles. The van der Waals surface area contributed by atoms with Crippen LogP contribution in [0.1, 0.15) is 20.3 Å². The number of hydrogen-bond acceptors (Lipinski definition) is 2. The molecule has 0 aromatic carbocycles. The lowest BCUT2D eigenvalue weighted by molar-refractivity contribution is 0.383. The second kappa shape index (κ2) is 6.01. The minimum absolute atomic E-state index is 0.666. The maximum Gasteiger partial charge on any atom is 0.136 e. The third-order valence-electron chi connectivity index (χ3n) is 0.823. The predicted molar refractivity (Wildman–Crippen MR) is 39.3 cm³/mol. The Hall–Kier alpha value is -0.120. The largest absolute Gasteiger partial charge is 0.344 e. The maximum atomic E-state index is 8.44. The Bertz CT molecular complexity index is 93.7. The van der Waals surface area contributed by atoms with Crippen molar-refractivity contribution in [3.8, 4) is 5.81 Å². The van der Waals surface area contributed by atoms with E-state index in [1.807, 2.05) is 6.92 Å². The Balaban J connectivity index is 3.32. The summed E-state index contributed by atoms with van der Waals surface area (Å²) in [4.78, 5) is 0. The summed E-state index contributed by atoms with van der Waals surface area (Å²) in [7, 11) is -0.753. The number of rotatable bonds is 4. The molecule has 0 amide bonds. The van der Waals surface area contributed by atoms with Gasteiger partial charge in [0.25, 0.3) is 0 Å². The zero-order chi connectivity index (χ0) is 7.11. The summed E-state index contributed by atoms with van der Waals surface area (Å²) < 4.78 is 5.14. The van der Waals surface area contributed by atoms with Crippen LogP contribution in [0.3, 0.4) is 0 Å². The minimum Gasteiger partial charge on any atom is -0.344 e. The third-order valence-corrected chi connectivity index (χ3v) is 2.47. The van der Waals surface area contributed by atoms with Crippen LogP contribution < -0.4 is 0 Å². The number of hydrogen-bond donors (Lipinski definition) is 0. The first kappa shape index (κ1) is 8.88. The molecule has 3 heteroatoms. The Morgan fingerprint density at radius 3 is 2.56 bits per heavy atom. The molecule has 0 N–H and O–H groups in total. The van der Waals surface area contributed by atoms with Crippen molar-refractivity contribution in [3.63, 3.8) is 0 Å². The van der Waals surface area contributed by atoms with Crippen molar-refractivity contribution in [2.75, 3.05) is 12.8 Å². The highest BCUT2D eigenvalue weighted by Gasteiger charge is 2.02. The van der Waals surface area contributed by atoms with Crippen LogP contribution >= 0.6 is 8.15 Å². The van der Waals surface area contributed by atoms with Gasteiger partial charge in [0.05, 0.1) is 0 Å². The first-order valence-electron chi connectivity index (χ1n) is 3.15. The van der Waals surface area contributed by atoms with Crippen molar-refractivity contribution in [2.45, 2.75) is 20.3 Å². The van der Waals surface area contributed by atoms with E-state index in [0.29, 0.717) is 6.61 Å². The quantitative estimate of drug-likeness (QED) is 0.568. The van der Waals surface area contributed by atoms with Gasteiger partial charge < -0.3 is 4.52 Å². The van der Waals surface area contributed by atoms with Gasteiger partial charge in [0, 0.05) is 12.8 Å². The van der Waals surface area contributed by atoms with Crippen LogP contribution in [0.25, 0.3) is 0 Å². The topological polar surface area (TPSA) is 33.0 Å². The van der Waals surface area contributed by atoms with Crippen molar-refractivity contribution in [2.24, 2.45) is 0 Å². The van der Waals surface area contributed by atoms with E-state index in [1.54, 1.807) is 0 Å². The van der Waals surface area contributed by atoms with Crippen LogP contribution in [0.2, 0.25) is 0 Å². The van der Waals surface area contributed by atoms with E-state index < -0.39 is 8.15 Å². The van der Waals surface area contributed by atoms with Gasteiger partial charge in [-0.1, -0.05) is 6.92 Å². The van der Waals surface area contributed by atoms with E-state index in [-0.39, 0.29) is 0 Å². The first-order valence-corrected chi connectivity index (χ1v) is 4.59. The SMILES string of the molecule is CCCP(C#N)OCC. The molecule has 0 bridgehead atoms. The summed E-state index contributed by atoms with van der Waals surface area (Å²) >= 11 is 0. The van der Waals surface area contributed by atoms with Crippen LogP contribution in [0, 0.1) is 11.1 Å². The predicted octanol–water partition coefficient (Wildman–Crippen LogP) is 2.31. The Morgan fingerprint density at radius 1 is 1.56 bits per heavy atom.